The second-order valence-electron chi connectivity index (χ2n) is 8.16. The molecule has 0 aliphatic carbocycles. The van der Waals surface area contributed by atoms with E-state index in [-0.39, 0.29) is 35.4 Å². The van der Waals surface area contributed by atoms with Gasteiger partial charge in [0.2, 0.25) is 5.76 Å². The fourth-order valence-electron chi connectivity index (χ4n) is 4.38. The van der Waals surface area contributed by atoms with Gasteiger partial charge in [0.05, 0.1) is 29.5 Å². The van der Waals surface area contributed by atoms with Crippen LogP contribution in [0.15, 0.2) is 47.0 Å². The molecule has 7 nitrogen and oxygen atoms in total. The molecule has 0 bridgehead atoms. The lowest BCUT2D eigenvalue weighted by Crippen LogP contribution is -2.13. The molecular formula is C24H23Cl2N3O4. The fraction of sp³-hybridized carbons (Fsp3) is 0.250. The van der Waals surface area contributed by atoms with Crippen molar-refractivity contribution in [2.24, 2.45) is 0 Å². The Labute approximate surface area is 202 Å². The van der Waals surface area contributed by atoms with E-state index in [0.29, 0.717) is 22.2 Å². The van der Waals surface area contributed by atoms with Gasteiger partial charge >= 0.3 is 0 Å². The van der Waals surface area contributed by atoms with Crippen LogP contribution in [0, 0.1) is 0 Å². The quantitative estimate of drug-likeness (QED) is 0.387. The first-order valence-corrected chi connectivity index (χ1v) is 10.7. The SMILES string of the molecule is COc1cc(/C(O)=C2\C(=O)Nc3cc(Cl)c(-c4ccc(C5CCN(C)C5)cc4)cc32)on1.Cl. The van der Waals surface area contributed by atoms with Crippen LogP contribution in [0.25, 0.3) is 22.5 Å². The number of methoxy groups -OCH3 is 1. The molecule has 1 atom stereocenters. The lowest BCUT2D eigenvalue weighted by atomic mass is 9.94. The second-order valence-corrected chi connectivity index (χ2v) is 8.57. The van der Waals surface area contributed by atoms with Crippen LogP contribution in [-0.4, -0.2) is 48.3 Å². The summed E-state index contributed by atoms with van der Waals surface area (Å²) in [6.45, 7) is 2.17. The fourth-order valence-corrected chi connectivity index (χ4v) is 4.65. The summed E-state index contributed by atoms with van der Waals surface area (Å²) in [6.07, 6.45) is 1.16. The van der Waals surface area contributed by atoms with E-state index >= 15 is 0 Å². The summed E-state index contributed by atoms with van der Waals surface area (Å²) < 4.78 is 10.1. The number of aliphatic hydroxyl groups is 1. The maximum absolute atomic E-state index is 12.6. The van der Waals surface area contributed by atoms with E-state index in [0.717, 1.165) is 30.6 Å². The number of hydrogen-bond acceptors (Lipinski definition) is 6. The number of carbonyl (C=O) groups is 1. The molecule has 5 rings (SSSR count). The normalized spacial score (nSPS) is 19.1. The molecule has 2 aromatic carbocycles. The number of nitrogens with zero attached hydrogens (tertiary/aromatic N) is 2. The summed E-state index contributed by atoms with van der Waals surface area (Å²) in [5.41, 5.74) is 4.20. The third kappa shape index (κ3) is 4.19. The average Bonchev–Trinajstić information content (AvgIpc) is 3.51. The van der Waals surface area contributed by atoms with Crippen molar-refractivity contribution in [2.45, 2.75) is 12.3 Å². The Morgan fingerprint density at radius 1 is 1.24 bits per heavy atom. The number of ether oxygens (including phenoxy) is 1. The maximum atomic E-state index is 12.6. The van der Waals surface area contributed by atoms with Crippen molar-refractivity contribution in [3.63, 3.8) is 0 Å². The van der Waals surface area contributed by atoms with Gasteiger partial charge in [0.15, 0.2) is 5.76 Å². The number of aliphatic hydroxyl groups excluding tert-OH is 1. The van der Waals surface area contributed by atoms with E-state index in [2.05, 4.69) is 46.7 Å². The number of rotatable bonds is 4. The van der Waals surface area contributed by atoms with E-state index < -0.39 is 5.91 Å². The van der Waals surface area contributed by atoms with E-state index in [9.17, 15) is 9.90 Å². The zero-order chi connectivity index (χ0) is 22.4. The van der Waals surface area contributed by atoms with Crippen molar-refractivity contribution in [3.8, 4) is 17.0 Å². The van der Waals surface area contributed by atoms with Crippen LogP contribution < -0.4 is 10.1 Å². The molecule has 0 spiro atoms. The van der Waals surface area contributed by atoms with Gasteiger partial charge in [-0.25, -0.2) is 0 Å². The molecule has 2 aliphatic rings. The highest BCUT2D eigenvalue weighted by molar-refractivity contribution is 6.38. The van der Waals surface area contributed by atoms with E-state index in [1.807, 2.05) is 6.07 Å². The first-order chi connectivity index (χ1) is 15.4. The van der Waals surface area contributed by atoms with Gasteiger partial charge in [0, 0.05) is 17.7 Å². The average molecular weight is 488 g/mol. The van der Waals surface area contributed by atoms with Crippen LogP contribution >= 0.6 is 24.0 Å². The Morgan fingerprint density at radius 2 is 2.00 bits per heavy atom. The number of aromatic nitrogens is 1. The lowest BCUT2D eigenvalue weighted by Gasteiger charge is -2.13. The number of carbonyl (C=O) groups excluding carboxylic acids is 1. The van der Waals surface area contributed by atoms with E-state index in [4.69, 9.17) is 20.9 Å². The van der Waals surface area contributed by atoms with Gasteiger partial charge in [0.1, 0.15) is 0 Å². The number of halogens is 2. The van der Waals surface area contributed by atoms with Crippen LogP contribution in [0.2, 0.25) is 5.02 Å². The Morgan fingerprint density at radius 3 is 2.64 bits per heavy atom. The molecule has 1 fully saturated rings. The third-order valence-electron chi connectivity index (χ3n) is 6.10. The van der Waals surface area contributed by atoms with Gasteiger partial charge in [0.25, 0.3) is 11.8 Å². The predicted molar refractivity (Wildman–Crippen MR) is 130 cm³/mol. The zero-order valence-electron chi connectivity index (χ0n) is 18.1. The van der Waals surface area contributed by atoms with Crippen LogP contribution in [0.3, 0.4) is 0 Å². The van der Waals surface area contributed by atoms with Crippen LogP contribution in [-0.2, 0) is 4.79 Å². The summed E-state index contributed by atoms with van der Waals surface area (Å²) in [5.74, 6) is 0.0305. The first kappa shape index (κ1) is 23.2. The van der Waals surface area contributed by atoms with Crippen molar-refractivity contribution >= 4 is 46.9 Å². The van der Waals surface area contributed by atoms with Crippen LogP contribution in [0.1, 0.15) is 29.2 Å². The Bertz CT molecular complexity index is 1240. The smallest absolute Gasteiger partial charge is 0.260 e. The highest BCUT2D eigenvalue weighted by atomic mass is 35.5. The second kappa shape index (κ2) is 9.09. The van der Waals surface area contributed by atoms with Gasteiger partial charge in [-0.1, -0.05) is 35.9 Å². The van der Waals surface area contributed by atoms with Crippen molar-refractivity contribution < 1.29 is 19.2 Å². The van der Waals surface area contributed by atoms with Gasteiger partial charge in [-0.15, -0.1) is 12.4 Å². The topological polar surface area (TPSA) is 87.8 Å². The molecule has 9 heteroatoms. The number of likely N-dealkylation sites (N-methyl/N-ethyl adjacent to an activating group) is 1. The maximum Gasteiger partial charge on any atom is 0.260 e. The number of anilines is 1. The molecule has 0 saturated carbocycles. The molecule has 1 saturated heterocycles. The molecule has 3 heterocycles. The summed E-state index contributed by atoms with van der Waals surface area (Å²) in [6, 6.07) is 13.3. The number of fused-ring (bicyclic) bond motifs is 1. The predicted octanol–water partition coefficient (Wildman–Crippen LogP) is 5.22. The zero-order valence-corrected chi connectivity index (χ0v) is 19.7. The molecule has 3 aromatic rings. The molecule has 172 valence electrons. The minimum atomic E-state index is -0.443. The molecule has 1 unspecified atom stereocenters. The summed E-state index contributed by atoms with van der Waals surface area (Å²) >= 11 is 6.56. The van der Waals surface area contributed by atoms with Gasteiger partial charge < -0.3 is 24.6 Å². The summed E-state index contributed by atoms with van der Waals surface area (Å²) in [7, 11) is 3.58. The molecule has 1 amide bonds. The highest BCUT2D eigenvalue weighted by Crippen LogP contribution is 2.42. The van der Waals surface area contributed by atoms with Gasteiger partial charge in [-0.05, 0) is 54.3 Å². The van der Waals surface area contributed by atoms with E-state index in [1.54, 1.807) is 6.07 Å². The summed E-state index contributed by atoms with van der Waals surface area (Å²) in [5, 5.41) is 17.7. The molecule has 2 aliphatic heterocycles. The third-order valence-corrected chi connectivity index (χ3v) is 6.42. The Kier molecular flexibility index (Phi) is 6.38. The number of likely N-dealkylation sites (tertiary alicyclic amines) is 1. The standard InChI is InChI=1S/C24H22ClN3O4.ClH/c1-28-8-7-15(12-28)13-3-5-14(6-4-13)16-9-17-19(10-18(16)25)26-24(30)22(17)23(29)20-11-21(31-2)27-32-20;/h3-6,9-11,15,29H,7-8,12H2,1-2H3,(H,26,30);1H/b23-22+;. The molecule has 33 heavy (non-hydrogen) atoms. The lowest BCUT2D eigenvalue weighted by molar-refractivity contribution is -0.110. The molecule has 2 N–H and O–H groups in total. The largest absolute Gasteiger partial charge is 0.504 e. The molecule has 0 radical (unpaired) electrons. The minimum Gasteiger partial charge on any atom is -0.504 e. The highest BCUT2D eigenvalue weighted by Gasteiger charge is 2.31. The van der Waals surface area contributed by atoms with Gasteiger partial charge in [-0.2, -0.15) is 0 Å². The first-order valence-electron chi connectivity index (χ1n) is 10.3. The summed E-state index contributed by atoms with van der Waals surface area (Å²) in [4.78, 5) is 15.0. The Hall–Kier alpha value is -3.00. The Balaban J connectivity index is 0.00000259. The number of nitrogens with one attached hydrogen (secondary N) is 1. The van der Waals surface area contributed by atoms with Crippen molar-refractivity contribution in [1.82, 2.24) is 10.1 Å². The molecular weight excluding hydrogens is 465 g/mol. The van der Waals surface area contributed by atoms with Gasteiger partial charge in [-0.3, -0.25) is 4.79 Å². The number of hydrogen-bond donors (Lipinski definition) is 2. The molecule has 1 aromatic heterocycles. The number of benzene rings is 2. The van der Waals surface area contributed by atoms with Crippen LogP contribution in [0.5, 0.6) is 5.88 Å². The minimum absolute atomic E-state index is 0. The van der Waals surface area contributed by atoms with Crippen molar-refractivity contribution in [1.29, 1.82) is 0 Å². The number of amides is 1. The van der Waals surface area contributed by atoms with Crippen molar-refractivity contribution in [3.05, 3.63) is 64.4 Å². The van der Waals surface area contributed by atoms with Crippen molar-refractivity contribution in [2.75, 3.05) is 32.6 Å². The van der Waals surface area contributed by atoms with E-state index in [1.165, 1.54) is 18.7 Å². The van der Waals surface area contributed by atoms with Crippen LogP contribution in [0.4, 0.5) is 5.69 Å². The monoisotopic (exact) mass is 487 g/mol.